The van der Waals surface area contributed by atoms with E-state index in [2.05, 4.69) is 0 Å². The molecule has 0 saturated carbocycles. The molecule has 6 nitrogen and oxygen atoms in total. The maximum Gasteiger partial charge on any atom is 0.451 e. The first-order valence-corrected chi connectivity index (χ1v) is 3.98. The smallest absolute Gasteiger partial charge is 0.427 e. The molecule has 0 amide bonds. The molecule has 0 fully saturated rings. The van der Waals surface area contributed by atoms with E-state index in [1.165, 1.54) is 0 Å². The third-order valence-corrected chi connectivity index (χ3v) is 1.02. The molecule has 0 aliphatic heterocycles. The van der Waals surface area contributed by atoms with Crippen LogP contribution in [0.25, 0.3) is 0 Å². The van der Waals surface area contributed by atoms with Gasteiger partial charge in [0, 0.05) is 0 Å². The molecule has 0 atom stereocenters. The van der Waals surface area contributed by atoms with Crippen molar-refractivity contribution in [1.82, 2.24) is 0 Å². The molecule has 0 bridgehead atoms. The number of aliphatic hydroxyl groups excluding tert-OH is 2. The first kappa shape index (κ1) is 15.4. The molecule has 0 unspecified atom stereocenters. The summed E-state index contributed by atoms with van der Waals surface area (Å²) in [6.45, 7) is -0.250. The van der Waals surface area contributed by atoms with E-state index in [1.54, 1.807) is 0 Å². The summed E-state index contributed by atoms with van der Waals surface area (Å²) in [6, 6.07) is 0. The summed E-state index contributed by atoms with van der Waals surface area (Å²) in [5.74, 6) is 0. The van der Waals surface area contributed by atoms with Crippen molar-refractivity contribution in [2.24, 2.45) is 0 Å². The van der Waals surface area contributed by atoms with Gasteiger partial charge in [-0.25, -0.2) is 0 Å². The van der Waals surface area contributed by atoms with E-state index in [4.69, 9.17) is 30.3 Å². The van der Waals surface area contributed by atoms with E-state index in [0.717, 1.165) is 0 Å². The molecule has 0 aromatic carbocycles. The lowest BCUT2D eigenvalue weighted by Crippen LogP contribution is -2.14. The SMILES string of the molecule is OB(O)CCCB(O)O.OCCO. The molecule has 13 heavy (non-hydrogen) atoms. The zero-order chi connectivity index (χ0) is 10.7. The minimum atomic E-state index is -1.33. The third-order valence-electron chi connectivity index (χ3n) is 1.02. The highest BCUT2D eigenvalue weighted by Crippen LogP contribution is 1.98. The predicted octanol–water partition coefficient (Wildman–Crippen LogP) is -2.71. The number of hydrogen-bond donors (Lipinski definition) is 6. The van der Waals surface area contributed by atoms with Crippen molar-refractivity contribution in [1.29, 1.82) is 0 Å². The average molecular weight is 194 g/mol. The van der Waals surface area contributed by atoms with Crippen molar-refractivity contribution in [2.45, 2.75) is 19.1 Å². The van der Waals surface area contributed by atoms with Gasteiger partial charge in [0.25, 0.3) is 0 Å². The molecular formula is C5H16B2O6. The first-order chi connectivity index (χ1) is 6.04. The van der Waals surface area contributed by atoms with Gasteiger partial charge in [-0.15, -0.1) is 0 Å². The van der Waals surface area contributed by atoms with Crippen LogP contribution in [0, 0.1) is 0 Å². The molecule has 8 heteroatoms. The van der Waals surface area contributed by atoms with E-state index < -0.39 is 14.2 Å². The molecule has 0 aromatic heterocycles. The maximum atomic E-state index is 8.26. The molecule has 0 saturated heterocycles. The van der Waals surface area contributed by atoms with E-state index in [0.29, 0.717) is 6.42 Å². The molecule has 0 aliphatic carbocycles. The van der Waals surface area contributed by atoms with Crippen LogP contribution in [0.15, 0.2) is 0 Å². The minimum absolute atomic E-state index is 0.125. The Hall–Kier alpha value is -0.110. The molecule has 0 heterocycles. The van der Waals surface area contributed by atoms with Crippen LogP contribution in [-0.2, 0) is 0 Å². The van der Waals surface area contributed by atoms with Crippen molar-refractivity contribution < 1.29 is 30.3 Å². The summed E-state index contributed by atoms with van der Waals surface area (Å²) < 4.78 is 0. The quantitative estimate of drug-likeness (QED) is 0.264. The third kappa shape index (κ3) is 24.5. The Bertz CT molecular complexity index is 81.1. The Kier molecular flexibility index (Phi) is 14.1. The molecular weight excluding hydrogens is 178 g/mol. The Morgan fingerprint density at radius 3 is 1.15 bits per heavy atom. The lowest BCUT2D eigenvalue weighted by molar-refractivity contribution is 0.186. The Morgan fingerprint density at radius 1 is 0.692 bits per heavy atom. The van der Waals surface area contributed by atoms with E-state index >= 15 is 0 Å². The monoisotopic (exact) mass is 194 g/mol. The molecule has 78 valence electrons. The van der Waals surface area contributed by atoms with E-state index in [9.17, 15) is 0 Å². The minimum Gasteiger partial charge on any atom is -0.427 e. The van der Waals surface area contributed by atoms with E-state index in [-0.39, 0.29) is 25.9 Å². The molecule has 0 rings (SSSR count). The van der Waals surface area contributed by atoms with Gasteiger partial charge in [-0.2, -0.15) is 0 Å². The fraction of sp³-hybridized carbons (Fsp3) is 1.00. The van der Waals surface area contributed by atoms with Gasteiger partial charge in [-0.1, -0.05) is 6.42 Å². The highest BCUT2D eigenvalue weighted by atomic mass is 16.4. The Morgan fingerprint density at radius 2 is 1.00 bits per heavy atom. The Labute approximate surface area is 77.8 Å². The van der Waals surface area contributed by atoms with Crippen molar-refractivity contribution in [3.63, 3.8) is 0 Å². The summed E-state index contributed by atoms with van der Waals surface area (Å²) in [7, 11) is -2.66. The summed E-state index contributed by atoms with van der Waals surface area (Å²) >= 11 is 0. The van der Waals surface area contributed by atoms with Gasteiger partial charge in [-0.3, -0.25) is 0 Å². The van der Waals surface area contributed by atoms with Gasteiger partial charge in [0.2, 0.25) is 0 Å². The highest BCUT2D eigenvalue weighted by Gasteiger charge is 2.10. The van der Waals surface area contributed by atoms with E-state index in [1.807, 2.05) is 0 Å². The highest BCUT2D eigenvalue weighted by molar-refractivity contribution is 6.42. The molecule has 0 aromatic rings. The summed E-state index contributed by atoms with van der Waals surface area (Å²) in [5.41, 5.74) is 0. The maximum absolute atomic E-state index is 8.26. The van der Waals surface area contributed by atoms with Crippen LogP contribution in [0.3, 0.4) is 0 Å². The molecule has 0 aliphatic rings. The number of rotatable bonds is 5. The first-order valence-electron chi connectivity index (χ1n) is 3.98. The van der Waals surface area contributed by atoms with Crippen LogP contribution < -0.4 is 0 Å². The van der Waals surface area contributed by atoms with Gasteiger partial charge >= 0.3 is 14.2 Å². The van der Waals surface area contributed by atoms with Crippen LogP contribution in [-0.4, -0.2) is 57.8 Å². The molecule has 6 N–H and O–H groups in total. The van der Waals surface area contributed by atoms with Crippen molar-refractivity contribution in [3.8, 4) is 0 Å². The normalized spacial score (nSPS) is 8.77. The van der Waals surface area contributed by atoms with Gasteiger partial charge in [0.05, 0.1) is 13.2 Å². The molecule has 0 radical (unpaired) electrons. The van der Waals surface area contributed by atoms with Gasteiger partial charge in [0.15, 0.2) is 0 Å². The zero-order valence-electron chi connectivity index (χ0n) is 7.37. The fourth-order valence-electron chi connectivity index (χ4n) is 0.483. The van der Waals surface area contributed by atoms with Gasteiger partial charge in [-0.05, 0) is 12.6 Å². The standard InChI is InChI=1S/C3H10B2O4.C2H6O2/c6-4(7)2-1-3-5(8)9;3-1-2-4/h6-9H,1-3H2;3-4H,1-2H2. The average Bonchev–Trinajstić information content (AvgIpc) is 2.03. The number of hydrogen-bond acceptors (Lipinski definition) is 6. The lowest BCUT2D eigenvalue weighted by atomic mass is 9.76. The summed E-state index contributed by atoms with van der Waals surface area (Å²) in [4.78, 5) is 0. The van der Waals surface area contributed by atoms with Crippen LogP contribution in [0.4, 0.5) is 0 Å². The second-order valence-corrected chi connectivity index (χ2v) is 2.34. The van der Waals surface area contributed by atoms with Crippen LogP contribution in [0.2, 0.25) is 12.6 Å². The number of aliphatic hydroxyl groups is 2. The van der Waals surface area contributed by atoms with Crippen LogP contribution in [0.5, 0.6) is 0 Å². The fourth-order valence-corrected chi connectivity index (χ4v) is 0.483. The van der Waals surface area contributed by atoms with Crippen molar-refractivity contribution in [2.75, 3.05) is 13.2 Å². The van der Waals surface area contributed by atoms with Gasteiger partial charge in [0.1, 0.15) is 0 Å². The van der Waals surface area contributed by atoms with Gasteiger partial charge < -0.3 is 30.3 Å². The zero-order valence-corrected chi connectivity index (χ0v) is 7.37. The predicted molar refractivity (Wildman–Crippen MR) is 48.8 cm³/mol. The van der Waals surface area contributed by atoms with Crippen molar-refractivity contribution in [3.05, 3.63) is 0 Å². The summed E-state index contributed by atoms with van der Waals surface area (Å²) in [5, 5.41) is 48.3. The summed E-state index contributed by atoms with van der Waals surface area (Å²) in [6.07, 6.45) is 0.796. The lowest BCUT2D eigenvalue weighted by Gasteiger charge is -1.96. The topological polar surface area (TPSA) is 121 Å². The molecule has 0 spiro atoms. The largest absolute Gasteiger partial charge is 0.451 e. The van der Waals surface area contributed by atoms with Crippen molar-refractivity contribution >= 4 is 14.2 Å². The second-order valence-electron chi connectivity index (χ2n) is 2.34. The van der Waals surface area contributed by atoms with Crippen LogP contribution in [0.1, 0.15) is 6.42 Å². The Balaban J connectivity index is 0. The van der Waals surface area contributed by atoms with Crippen LogP contribution >= 0.6 is 0 Å². The second kappa shape index (κ2) is 11.9.